The highest BCUT2D eigenvalue weighted by Crippen LogP contribution is 2.74. The quantitative estimate of drug-likeness (QED) is 0.449. The molecule has 6 aliphatic rings. The third-order valence-corrected chi connectivity index (χ3v) is 12.6. The molecule has 0 unspecified atom stereocenters. The van der Waals surface area contributed by atoms with E-state index in [1.165, 1.54) is 51.4 Å². The minimum absolute atomic E-state index is 0.197. The molecule has 0 aromatic rings. The Bertz CT molecular complexity index is 783. The van der Waals surface area contributed by atoms with Crippen LogP contribution in [0.25, 0.3) is 0 Å². The molecule has 3 heteroatoms. The van der Waals surface area contributed by atoms with Crippen molar-refractivity contribution >= 4 is 5.78 Å². The van der Waals surface area contributed by atoms with Gasteiger partial charge in [-0.1, -0.05) is 33.6 Å². The Balaban J connectivity index is 1.35. The van der Waals surface area contributed by atoms with Gasteiger partial charge in [-0.2, -0.15) is 0 Å². The van der Waals surface area contributed by atoms with Crippen LogP contribution >= 0.6 is 0 Å². The topological polar surface area (TPSA) is 35.5 Å². The maximum Gasteiger partial charge on any atom is 0.181 e. The summed E-state index contributed by atoms with van der Waals surface area (Å²) in [6, 6.07) is 0. The van der Waals surface area contributed by atoms with Crippen molar-refractivity contribution in [3.8, 4) is 0 Å². The van der Waals surface area contributed by atoms with Gasteiger partial charge in [0.2, 0.25) is 0 Å². The highest BCUT2D eigenvalue weighted by atomic mass is 16.7. The molecule has 1 spiro atoms. The normalized spacial score (nSPS) is 59.2. The third kappa shape index (κ3) is 2.59. The molecule has 180 valence electrons. The Hall–Kier alpha value is -0.410. The molecule has 32 heavy (non-hydrogen) atoms. The average Bonchev–Trinajstić information content (AvgIpc) is 3.19. The SMILES string of the molecule is CC(=O)[C@@]1(C)[C@H]2[C@H](C[C@H]3[C@@H]4CC[C@H]5CCCC[C@]5(C)[C@H]4CC[C@@]32C)O[C@]12CC[C@@H](C)CO2. The number of hydrogen-bond donors (Lipinski definition) is 0. The summed E-state index contributed by atoms with van der Waals surface area (Å²) in [6.07, 6.45) is 14.7. The Morgan fingerprint density at radius 1 is 0.875 bits per heavy atom. The van der Waals surface area contributed by atoms with Gasteiger partial charge in [-0.05, 0) is 106 Å². The molecule has 0 amide bonds. The lowest BCUT2D eigenvalue weighted by molar-refractivity contribution is -0.291. The van der Waals surface area contributed by atoms with E-state index >= 15 is 0 Å². The van der Waals surface area contributed by atoms with E-state index in [1.807, 2.05) is 6.92 Å². The van der Waals surface area contributed by atoms with Crippen molar-refractivity contribution in [2.75, 3.05) is 6.61 Å². The van der Waals surface area contributed by atoms with Crippen LogP contribution in [0.5, 0.6) is 0 Å². The van der Waals surface area contributed by atoms with Crippen molar-refractivity contribution in [3.63, 3.8) is 0 Å². The van der Waals surface area contributed by atoms with Crippen molar-refractivity contribution in [2.24, 2.45) is 51.8 Å². The number of fused-ring (bicyclic) bond motifs is 7. The fraction of sp³-hybridized carbons (Fsp3) is 0.966. The molecular weight excluding hydrogens is 396 g/mol. The van der Waals surface area contributed by atoms with Crippen LogP contribution in [0, 0.1) is 51.8 Å². The zero-order valence-corrected chi connectivity index (χ0v) is 21.3. The minimum atomic E-state index is -0.682. The van der Waals surface area contributed by atoms with Crippen LogP contribution in [0.4, 0.5) is 0 Å². The summed E-state index contributed by atoms with van der Waals surface area (Å²) in [5.74, 6) is 3.89. The number of rotatable bonds is 1. The summed E-state index contributed by atoms with van der Waals surface area (Å²) >= 11 is 0. The number of ketones is 1. The zero-order valence-electron chi connectivity index (χ0n) is 21.3. The van der Waals surface area contributed by atoms with E-state index in [0.717, 1.165) is 49.5 Å². The zero-order chi connectivity index (χ0) is 22.5. The summed E-state index contributed by atoms with van der Waals surface area (Å²) in [6.45, 7) is 12.3. The van der Waals surface area contributed by atoms with Crippen LogP contribution in [0.1, 0.15) is 105 Å². The fourth-order valence-electron chi connectivity index (χ4n) is 10.9. The van der Waals surface area contributed by atoms with Gasteiger partial charge in [0.1, 0.15) is 5.78 Å². The van der Waals surface area contributed by atoms with E-state index in [1.54, 1.807) is 0 Å². The summed E-state index contributed by atoms with van der Waals surface area (Å²) in [5.41, 5.74) is 0.259. The molecule has 0 bridgehead atoms. The lowest BCUT2D eigenvalue weighted by Crippen LogP contribution is -2.59. The lowest BCUT2D eigenvalue weighted by Gasteiger charge is -2.61. The van der Waals surface area contributed by atoms with Gasteiger partial charge in [-0.25, -0.2) is 0 Å². The molecule has 2 heterocycles. The van der Waals surface area contributed by atoms with Crippen LogP contribution in [0.15, 0.2) is 0 Å². The molecule has 3 nitrogen and oxygen atoms in total. The summed E-state index contributed by atoms with van der Waals surface area (Å²) in [5, 5.41) is 0. The number of ether oxygens (including phenoxy) is 2. The Labute approximate surface area is 195 Å². The number of Topliss-reactive ketones (excluding diaryl/α,β-unsaturated/α-hetero) is 1. The molecule has 6 rings (SSSR count). The van der Waals surface area contributed by atoms with E-state index in [-0.39, 0.29) is 11.5 Å². The monoisotopic (exact) mass is 442 g/mol. The van der Waals surface area contributed by atoms with Crippen LogP contribution in [0.2, 0.25) is 0 Å². The number of carbonyl (C=O) groups is 1. The standard InChI is InChI=1S/C29H46O3/c1-18-11-15-29(31-17-18)28(5,19(2)30)25-24(32-29)16-23-21-10-9-20-8-6-7-13-26(20,3)22(21)12-14-27(23,25)4/h18,20-25H,6-17H2,1-5H3/t18-,20-,21-,22+,23+,24+,25+,26+,27+,28+,29-/m1/s1. The van der Waals surface area contributed by atoms with Gasteiger partial charge < -0.3 is 9.47 Å². The first kappa shape index (κ1) is 22.1. The van der Waals surface area contributed by atoms with Crippen LogP contribution in [-0.2, 0) is 14.3 Å². The van der Waals surface area contributed by atoms with Gasteiger partial charge in [-0.3, -0.25) is 4.79 Å². The van der Waals surface area contributed by atoms with Crippen molar-refractivity contribution in [1.82, 2.24) is 0 Å². The van der Waals surface area contributed by atoms with Crippen molar-refractivity contribution in [3.05, 3.63) is 0 Å². The van der Waals surface area contributed by atoms with Gasteiger partial charge >= 0.3 is 0 Å². The molecule has 6 fully saturated rings. The molecule has 4 aliphatic carbocycles. The summed E-state index contributed by atoms with van der Waals surface area (Å²) in [4.78, 5) is 13.4. The van der Waals surface area contributed by atoms with E-state index in [4.69, 9.17) is 9.47 Å². The Morgan fingerprint density at radius 3 is 2.41 bits per heavy atom. The van der Waals surface area contributed by atoms with Crippen LogP contribution in [-0.4, -0.2) is 24.3 Å². The number of carbonyl (C=O) groups excluding carboxylic acids is 1. The Kier molecular flexibility index (Phi) is 4.87. The fourth-order valence-corrected chi connectivity index (χ4v) is 10.9. The first-order valence-corrected chi connectivity index (χ1v) is 14.0. The minimum Gasteiger partial charge on any atom is -0.349 e. The predicted molar refractivity (Wildman–Crippen MR) is 126 cm³/mol. The van der Waals surface area contributed by atoms with E-state index in [0.29, 0.717) is 23.0 Å². The molecule has 0 aromatic carbocycles. The molecule has 2 aliphatic heterocycles. The summed E-state index contributed by atoms with van der Waals surface area (Å²) in [7, 11) is 0. The molecule has 4 saturated carbocycles. The number of hydrogen-bond acceptors (Lipinski definition) is 3. The van der Waals surface area contributed by atoms with Gasteiger partial charge in [0, 0.05) is 12.3 Å². The first-order valence-electron chi connectivity index (χ1n) is 14.0. The maximum absolute atomic E-state index is 13.4. The van der Waals surface area contributed by atoms with E-state index < -0.39 is 11.2 Å². The van der Waals surface area contributed by atoms with Gasteiger partial charge in [0.25, 0.3) is 0 Å². The van der Waals surface area contributed by atoms with E-state index in [2.05, 4.69) is 27.7 Å². The molecule has 11 atom stereocenters. The first-order chi connectivity index (χ1) is 15.2. The van der Waals surface area contributed by atoms with Crippen molar-refractivity contribution in [2.45, 2.75) is 117 Å². The highest BCUT2D eigenvalue weighted by molar-refractivity contribution is 5.84. The van der Waals surface area contributed by atoms with E-state index in [9.17, 15) is 4.79 Å². The smallest absolute Gasteiger partial charge is 0.181 e. The largest absolute Gasteiger partial charge is 0.349 e. The molecule has 0 radical (unpaired) electrons. The third-order valence-electron chi connectivity index (χ3n) is 12.6. The molecule has 0 N–H and O–H groups in total. The van der Waals surface area contributed by atoms with Gasteiger partial charge in [0.15, 0.2) is 5.79 Å². The Morgan fingerprint density at radius 2 is 1.69 bits per heavy atom. The van der Waals surface area contributed by atoms with Gasteiger partial charge in [-0.15, -0.1) is 0 Å². The van der Waals surface area contributed by atoms with Crippen LogP contribution in [0.3, 0.4) is 0 Å². The molecule has 0 aromatic heterocycles. The second-order valence-electron chi connectivity index (χ2n) is 13.8. The average molecular weight is 443 g/mol. The highest BCUT2D eigenvalue weighted by Gasteiger charge is 2.75. The second kappa shape index (κ2) is 7.06. The van der Waals surface area contributed by atoms with Crippen molar-refractivity contribution in [1.29, 1.82) is 0 Å². The molecular formula is C29H46O3. The van der Waals surface area contributed by atoms with Crippen molar-refractivity contribution < 1.29 is 14.3 Å². The predicted octanol–water partition coefficient (Wildman–Crippen LogP) is 6.78. The summed E-state index contributed by atoms with van der Waals surface area (Å²) < 4.78 is 13.5. The second-order valence-corrected chi connectivity index (χ2v) is 13.8. The lowest BCUT2D eigenvalue weighted by atomic mass is 9.43. The maximum atomic E-state index is 13.4. The van der Waals surface area contributed by atoms with Gasteiger partial charge in [0.05, 0.1) is 18.1 Å². The van der Waals surface area contributed by atoms with Crippen LogP contribution < -0.4 is 0 Å². The molecule has 2 saturated heterocycles.